The number of rotatable bonds is 5. The lowest BCUT2D eigenvalue weighted by Crippen LogP contribution is -2.47. The summed E-state index contributed by atoms with van der Waals surface area (Å²) in [6.07, 6.45) is -1.09. The Hall–Kier alpha value is -5.39. The van der Waals surface area contributed by atoms with Crippen molar-refractivity contribution in [2.45, 2.75) is 50.6 Å². The van der Waals surface area contributed by atoms with Crippen LogP contribution in [0.2, 0.25) is 5.02 Å². The molecule has 5 aromatic rings. The highest BCUT2D eigenvalue weighted by Crippen LogP contribution is 2.48. The van der Waals surface area contributed by atoms with Crippen molar-refractivity contribution in [1.29, 1.82) is 0 Å². The van der Waals surface area contributed by atoms with Crippen LogP contribution in [0.3, 0.4) is 0 Å². The Morgan fingerprint density at radius 1 is 1.15 bits per heavy atom. The van der Waals surface area contributed by atoms with Gasteiger partial charge in [-0.05, 0) is 68.2 Å². The van der Waals surface area contributed by atoms with Crippen LogP contribution < -0.4 is 10.9 Å². The van der Waals surface area contributed by atoms with Crippen LogP contribution in [0.4, 0.5) is 18.9 Å². The van der Waals surface area contributed by atoms with Crippen LogP contribution in [0.1, 0.15) is 65.4 Å². The number of nitrogens with zero attached hydrogens (tertiary/aromatic N) is 7. The maximum Gasteiger partial charge on any atom is 0.416 e. The molecular formula is C35H30ClF3N8O6. The van der Waals surface area contributed by atoms with E-state index < -0.39 is 47.4 Å². The van der Waals surface area contributed by atoms with E-state index in [9.17, 15) is 32.7 Å². The lowest BCUT2D eigenvalue weighted by Gasteiger charge is -2.39. The van der Waals surface area contributed by atoms with Crippen molar-refractivity contribution in [3.8, 4) is 5.75 Å². The Balaban J connectivity index is 1.15. The number of hydrogen-bond acceptors (Lipinski definition) is 10. The summed E-state index contributed by atoms with van der Waals surface area (Å²) in [5.74, 6) is -1.09. The number of aromatic nitrogens is 6. The molecule has 1 saturated heterocycles. The molecule has 53 heavy (non-hydrogen) atoms. The lowest BCUT2D eigenvalue weighted by molar-refractivity contribution is -0.137. The minimum Gasteiger partial charge on any atom is -0.505 e. The first-order valence-electron chi connectivity index (χ1n) is 16.7. The van der Waals surface area contributed by atoms with Crippen LogP contribution in [0.15, 0.2) is 53.5 Å². The minimum absolute atomic E-state index is 0.0339. The first kappa shape index (κ1) is 34.7. The van der Waals surface area contributed by atoms with Gasteiger partial charge in [-0.25, -0.2) is 9.97 Å². The second-order valence-electron chi connectivity index (χ2n) is 13.0. The van der Waals surface area contributed by atoms with Crippen LogP contribution >= 0.6 is 11.6 Å². The van der Waals surface area contributed by atoms with E-state index in [-0.39, 0.29) is 65.3 Å². The number of hydrogen-bond donors (Lipinski definition) is 2. The van der Waals surface area contributed by atoms with Gasteiger partial charge in [0.1, 0.15) is 17.9 Å². The summed E-state index contributed by atoms with van der Waals surface area (Å²) in [7, 11) is 0. The summed E-state index contributed by atoms with van der Waals surface area (Å²) in [5, 5.41) is 18.1. The highest BCUT2D eigenvalue weighted by molar-refractivity contribution is 6.33. The number of pyridine rings is 2. The number of fused-ring (bicyclic) bond motifs is 4. The van der Waals surface area contributed by atoms with E-state index >= 15 is 0 Å². The van der Waals surface area contributed by atoms with Gasteiger partial charge in [-0.15, -0.1) is 5.10 Å². The number of aromatic hydroxyl groups is 1. The predicted molar refractivity (Wildman–Crippen MR) is 183 cm³/mol. The van der Waals surface area contributed by atoms with Crippen molar-refractivity contribution in [3.05, 3.63) is 92.4 Å². The van der Waals surface area contributed by atoms with Gasteiger partial charge in [-0.1, -0.05) is 17.7 Å². The van der Waals surface area contributed by atoms with E-state index in [4.69, 9.17) is 21.1 Å². The number of halogens is 4. The molecule has 1 fully saturated rings. The summed E-state index contributed by atoms with van der Waals surface area (Å²) in [6.45, 7) is 2.39. The maximum atomic E-state index is 14.4. The van der Waals surface area contributed by atoms with Crippen molar-refractivity contribution in [1.82, 2.24) is 34.0 Å². The van der Waals surface area contributed by atoms with Gasteiger partial charge in [0.15, 0.2) is 17.2 Å². The van der Waals surface area contributed by atoms with E-state index in [1.165, 1.54) is 21.7 Å². The van der Waals surface area contributed by atoms with Crippen LogP contribution in [-0.2, 0) is 32.6 Å². The zero-order valence-corrected chi connectivity index (χ0v) is 28.7. The van der Waals surface area contributed by atoms with Crippen molar-refractivity contribution in [2.24, 2.45) is 0 Å². The molecular weight excluding hydrogens is 721 g/mol. The highest BCUT2D eigenvalue weighted by atomic mass is 35.5. The number of benzene rings is 1. The maximum absolute atomic E-state index is 14.4. The summed E-state index contributed by atoms with van der Waals surface area (Å²) in [6, 6.07) is 7.46. The number of carbonyl (C=O) groups is 2. The smallest absolute Gasteiger partial charge is 0.416 e. The topological polar surface area (TPSA) is 166 Å². The third-order valence-electron chi connectivity index (χ3n) is 9.78. The first-order chi connectivity index (χ1) is 25.3. The van der Waals surface area contributed by atoms with Gasteiger partial charge in [0, 0.05) is 24.7 Å². The summed E-state index contributed by atoms with van der Waals surface area (Å²) < 4.78 is 54.4. The third-order valence-corrected chi connectivity index (χ3v) is 10.1. The Morgan fingerprint density at radius 3 is 2.66 bits per heavy atom. The van der Waals surface area contributed by atoms with Gasteiger partial charge >= 0.3 is 6.18 Å². The van der Waals surface area contributed by atoms with Gasteiger partial charge < -0.3 is 29.4 Å². The second-order valence-corrected chi connectivity index (χ2v) is 13.5. The first-order valence-corrected chi connectivity index (χ1v) is 17.1. The molecule has 1 aromatic carbocycles. The molecule has 2 N–H and O–H groups in total. The summed E-state index contributed by atoms with van der Waals surface area (Å²) >= 11 is 6.13. The molecule has 0 radical (unpaired) electrons. The number of carbonyl (C=O) groups excluding carboxylic acids is 2. The molecule has 0 saturated carbocycles. The number of amides is 2. The van der Waals surface area contributed by atoms with E-state index in [1.54, 1.807) is 19.1 Å². The minimum atomic E-state index is -4.62. The zero-order valence-electron chi connectivity index (χ0n) is 28.0. The molecule has 8 rings (SSSR count). The van der Waals surface area contributed by atoms with E-state index in [0.29, 0.717) is 36.4 Å². The van der Waals surface area contributed by atoms with E-state index in [0.717, 1.165) is 28.3 Å². The molecule has 0 unspecified atom stereocenters. The summed E-state index contributed by atoms with van der Waals surface area (Å²) in [4.78, 5) is 56.3. The SMILES string of the molecule is C[C@H]1OC2(CCN(C(=O)c3nc4ncccc4cc3O)CC2)c2c1n(CC(=O)Nc1ccc(C(F)(F)F)cc1Cl)c1nc(C3=CCOCC3)nn1c2=O. The Labute approximate surface area is 302 Å². The second kappa shape index (κ2) is 12.9. The molecule has 3 aliphatic rings. The van der Waals surface area contributed by atoms with Crippen LogP contribution in [0.25, 0.3) is 22.4 Å². The number of nitrogens with one attached hydrogen (secondary N) is 1. The molecule has 1 spiro atoms. The highest BCUT2D eigenvalue weighted by Gasteiger charge is 2.50. The van der Waals surface area contributed by atoms with Crippen molar-refractivity contribution in [3.63, 3.8) is 0 Å². The van der Waals surface area contributed by atoms with Crippen molar-refractivity contribution in [2.75, 3.05) is 31.6 Å². The average Bonchev–Trinajstić information content (AvgIpc) is 3.71. The fourth-order valence-electron chi connectivity index (χ4n) is 7.27. The van der Waals surface area contributed by atoms with Crippen molar-refractivity contribution < 1.29 is 37.3 Å². The molecule has 274 valence electrons. The molecule has 14 nitrogen and oxygen atoms in total. The fourth-order valence-corrected chi connectivity index (χ4v) is 7.49. The molecule has 4 aromatic heterocycles. The van der Waals surface area contributed by atoms with Gasteiger partial charge in [0.05, 0.1) is 46.8 Å². The normalized spacial score (nSPS) is 18.4. The molecule has 7 heterocycles. The standard InChI is InChI=1S/C35H30ClF3N8O6/c1-18-28-26(34(53-18)8-11-45(12-9-34)32(51)27-24(48)15-20-3-2-10-40-29(20)42-27)31(50)47-33(43-30(44-47)19-6-13-52-14-7-19)46(28)17-25(49)41-23-5-4-21(16-22(23)36)35(37,38)39/h2-6,10,15-16,18,48H,7-9,11-14,17H2,1H3,(H,41,49)/t18-/m1/s1. The number of alkyl halides is 3. The average molecular weight is 751 g/mol. The number of piperidine rings is 1. The monoisotopic (exact) mass is 750 g/mol. The summed E-state index contributed by atoms with van der Waals surface area (Å²) in [5.41, 5.74) is -1.09. The quantitative estimate of drug-likeness (QED) is 0.253. The number of ether oxygens (including phenoxy) is 2. The Morgan fingerprint density at radius 2 is 1.94 bits per heavy atom. The Bertz CT molecular complexity index is 2420. The molecule has 18 heteroatoms. The van der Waals surface area contributed by atoms with Crippen LogP contribution in [-0.4, -0.2) is 77.3 Å². The number of anilines is 1. The largest absolute Gasteiger partial charge is 0.505 e. The molecule has 0 bridgehead atoms. The predicted octanol–water partition coefficient (Wildman–Crippen LogP) is 4.88. The van der Waals surface area contributed by atoms with Gasteiger partial charge in [0.25, 0.3) is 11.5 Å². The Kier molecular flexibility index (Phi) is 8.46. The van der Waals surface area contributed by atoms with E-state index in [1.807, 2.05) is 6.08 Å². The lowest BCUT2D eigenvalue weighted by atomic mass is 9.85. The zero-order chi connectivity index (χ0) is 37.2. The number of likely N-dealkylation sites (tertiary alicyclic amines) is 1. The third kappa shape index (κ3) is 6.07. The fraction of sp³-hybridized carbons (Fsp3) is 0.343. The van der Waals surface area contributed by atoms with Crippen LogP contribution in [0.5, 0.6) is 5.75 Å². The molecule has 0 aliphatic carbocycles. The van der Waals surface area contributed by atoms with Crippen molar-refractivity contribution >= 4 is 51.5 Å². The van der Waals surface area contributed by atoms with Gasteiger partial charge in [-0.2, -0.15) is 22.7 Å². The van der Waals surface area contributed by atoms with Gasteiger partial charge in [0.2, 0.25) is 11.7 Å². The van der Waals surface area contributed by atoms with Gasteiger partial charge in [-0.3, -0.25) is 14.4 Å². The molecule has 1 atom stereocenters. The van der Waals surface area contributed by atoms with E-state index in [2.05, 4.69) is 25.4 Å². The molecule has 2 amide bonds. The van der Waals surface area contributed by atoms with Crippen LogP contribution in [0, 0.1) is 0 Å². The molecule has 3 aliphatic heterocycles.